The van der Waals surface area contributed by atoms with Crippen LogP contribution >= 0.6 is 0 Å². The smallest absolute Gasteiger partial charge is 0.243 e. The van der Waals surface area contributed by atoms with E-state index < -0.39 is 10.0 Å². The number of ether oxygens (including phenoxy) is 1. The van der Waals surface area contributed by atoms with Crippen LogP contribution in [0, 0.1) is 0 Å². The van der Waals surface area contributed by atoms with Crippen LogP contribution in [0.25, 0.3) is 0 Å². The minimum atomic E-state index is -3.63. The molecule has 0 aliphatic rings. The molecule has 1 aromatic carbocycles. The molecular weight excluding hydrogens is 292 g/mol. The first-order valence-electron chi connectivity index (χ1n) is 6.84. The van der Waals surface area contributed by atoms with E-state index >= 15 is 0 Å². The molecule has 7 heteroatoms. The molecule has 120 valence electrons. The van der Waals surface area contributed by atoms with Crippen LogP contribution in [-0.2, 0) is 14.8 Å². The SMILES string of the molecule is CNC(C)c1cccc(S(=O)(=O)N(CCO)CCOC)c1. The van der Waals surface area contributed by atoms with E-state index in [0.29, 0.717) is 0 Å². The first-order valence-corrected chi connectivity index (χ1v) is 8.28. The van der Waals surface area contributed by atoms with Gasteiger partial charge < -0.3 is 15.2 Å². The van der Waals surface area contributed by atoms with Crippen LogP contribution < -0.4 is 5.32 Å². The maximum absolute atomic E-state index is 12.6. The normalized spacial score (nSPS) is 13.6. The van der Waals surface area contributed by atoms with Gasteiger partial charge in [-0.25, -0.2) is 8.42 Å². The highest BCUT2D eigenvalue weighted by Gasteiger charge is 2.24. The molecule has 0 aromatic heterocycles. The van der Waals surface area contributed by atoms with Crippen molar-refractivity contribution in [3.05, 3.63) is 29.8 Å². The molecule has 0 bridgehead atoms. The van der Waals surface area contributed by atoms with Gasteiger partial charge in [0.05, 0.1) is 18.1 Å². The van der Waals surface area contributed by atoms with E-state index in [1.54, 1.807) is 18.2 Å². The number of benzene rings is 1. The summed E-state index contributed by atoms with van der Waals surface area (Å²) in [5.41, 5.74) is 0.897. The highest BCUT2D eigenvalue weighted by Crippen LogP contribution is 2.20. The Balaban J connectivity index is 3.09. The Labute approximate surface area is 126 Å². The van der Waals surface area contributed by atoms with E-state index in [1.807, 2.05) is 20.0 Å². The van der Waals surface area contributed by atoms with Crippen molar-refractivity contribution in [2.24, 2.45) is 0 Å². The summed E-state index contributed by atoms with van der Waals surface area (Å²) in [5.74, 6) is 0. The van der Waals surface area contributed by atoms with Gasteiger partial charge in [-0.05, 0) is 31.7 Å². The molecular formula is C14H24N2O4S. The third-order valence-corrected chi connectivity index (χ3v) is 5.22. The van der Waals surface area contributed by atoms with Crippen LogP contribution in [0.4, 0.5) is 0 Å². The fourth-order valence-electron chi connectivity index (χ4n) is 1.92. The molecule has 0 aliphatic heterocycles. The van der Waals surface area contributed by atoms with Gasteiger partial charge in [-0.3, -0.25) is 0 Å². The second kappa shape index (κ2) is 8.45. The van der Waals surface area contributed by atoms with Crippen LogP contribution in [0.1, 0.15) is 18.5 Å². The monoisotopic (exact) mass is 316 g/mol. The zero-order valence-electron chi connectivity index (χ0n) is 12.7. The lowest BCUT2D eigenvalue weighted by atomic mass is 10.1. The van der Waals surface area contributed by atoms with E-state index in [9.17, 15) is 8.42 Å². The van der Waals surface area contributed by atoms with Gasteiger partial charge in [-0.15, -0.1) is 0 Å². The predicted molar refractivity (Wildman–Crippen MR) is 81.6 cm³/mol. The first kappa shape index (κ1) is 18.1. The fraction of sp³-hybridized carbons (Fsp3) is 0.571. The Bertz CT molecular complexity index is 534. The third-order valence-electron chi connectivity index (χ3n) is 3.32. The van der Waals surface area contributed by atoms with Crippen molar-refractivity contribution in [3.63, 3.8) is 0 Å². The summed E-state index contributed by atoms with van der Waals surface area (Å²) in [6.07, 6.45) is 0. The number of rotatable bonds is 9. The Kier molecular flexibility index (Phi) is 7.27. The largest absolute Gasteiger partial charge is 0.395 e. The number of aliphatic hydroxyl groups is 1. The number of hydrogen-bond acceptors (Lipinski definition) is 5. The third kappa shape index (κ3) is 4.76. The van der Waals surface area contributed by atoms with Gasteiger partial charge in [0.25, 0.3) is 0 Å². The second-order valence-corrected chi connectivity index (χ2v) is 6.64. The lowest BCUT2D eigenvalue weighted by molar-refractivity contribution is 0.168. The van der Waals surface area contributed by atoms with Crippen molar-refractivity contribution >= 4 is 10.0 Å². The maximum Gasteiger partial charge on any atom is 0.243 e. The number of hydrogen-bond donors (Lipinski definition) is 2. The van der Waals surface area contributed by atoms with Crippen LogP contribution in [0.3, 0.4) is 0 Å². The Morgan fingerprint density at radius 2 is 2.10 bits per heavy atom. The standard InChI is InChI=1S/C14H24N2O4S/c1-12(15-2)13-5-4-6-14(11-13)21(18,19)16(7-9-17)8-10-20-3/h4-6,11-12,15,17H,7-10H2,1-3H3. The summed E-state index contributed by atoms with van der Waals surface area (Å²) in [4.78, 5) is 0.228. The van der Waals surface area contributed by atoms with Gasteiger partial charge in [0.2, 0.25) is 10.0 Å². The Morgan fingerprint density at radius 1 is 1.38 bits per heavy atom. The molecule has 0 fully saturated rings. The molecule has 0 amide bonds. The van der Waals surface area contributed by atoms with Crippen molar-refractivity contribution in [2.75, 3.05) is 40.5 Å². The summed E-state index contributed by atoms with van der Waals surface area (Å²) in [5, 5.41) is 12.2. The zero-order chi connectivity index (χ0) is 15.9. The molecule has 0 aliphatic carbocycles. The molecule has 2 N–H and O–H groups in total. The summed E-state index contributed by atoms with van der Waals surface area (Å²) >= 11 is 0. The summed E-state index contributed by atoms with van der Waals surface area (Å²) in [7, 11) is -0.299. The minimum absolute atomic E-state index is 0.0531. The molecule has 1 atom stereocenters. The molecule has 6 nitrogen and oxygen atoms in total. The van der Waals surface area contributed by atoms with Gasteiger partial charge in [0, 0.05) is 26.2 Å². The van der Waals surface area contributed by atoms with E-state index in [1.165, 1.54) is 11.4 Å². The van der Waals surface area contributed by atoms with Gasteiger partial charge in [0.15, 0.2) is 0 Å². The molecule has 0 heterocycles. The molecule has 1 unspecified atom stereocenters. The first-order chi connectivity index (χ1) is 9.97. The van der Waals surface area contributed by atoms with Crippen molar-refractivity contribution in [1.29, 1.82) is 0 Å². The van der Waals surface area contributed by atoms with E-state index in [4.69, 9.17) is 9.84 Å². The van der Waals surface area contributed by atoms with E-state index in [0.717, 1.165) is 5.56 Å². The van der Waals surface area contributed by atoms with Gasteiger partial charge in [-0.2, -0.15) is 4.31 Å². The average molecular weight is 316 g/mol. The Morgan fingerprint density at radius 3 is 2.67 bits per heavy atom. The summed E-state index contributed by atoms with van der Waals surface area (Å²) in [6, 6.07) is 6.90. The number of nitrogens with zero attached hydrogens (tertiary/aromatic N) is 1. The molecule has 0 saturated heterocycles. The minimum Gasteiger partial charge on any atom is -0.395 e. The second-order valence-electron chi connectivity index (χ2n) is 4.70. The fourth-order valence-corrected chi connectivity index (χ4v) is 3.39. The maximum atomic E-state index is 12.6. The van der Waals surface area contributed by atoms with Gasteiger partial charge in [0.1, 0.15) is 0 Å². The highest BCUT2D eigenvalue weighted by molar-refractivity contribution is 7.89. The van der Waals surface area contributed by atoms with E-state index in [2.05, 4.69) is 5.32 Å². The van der Waals surface area contributed by atoms with Crippen LogP contribution in [-0.4, -0.2) is 58.3 Å². The quantitative estimate of drug-likeness (QED) is 0.697. The summed E-state index contributed by atoms with van der Waals surface area (Å²) in [6.45, 7) is 2.28. The molecule has 1 aromatic rings. The average Bonchev–Trinajstić information content (AvgIpc) is 2.50. The molecule has 0 radical (unpaired) electrons. The molecule has 1 rings (SSSR count). The van der Waals surface area contributed by atoms with Crippen molar-refractivity contribution in [1.82, 2.24) is 9.62 Å². The van der Waals surface area contributed by atoms with Crippen molar-refractivity contribution in [2.45, 2.75) is 17.9 Å². The molecule has 21 heavy (non-hydrogen) atoms. The van der Waals surface area contributed by atoms with Gasteiger partial charge in [-0.1, -0.05) is 12.1 Å². The molecule has 0 saturated carbocycles. The molecule has 0 spiro atoms. The number of aliphatic hydroxyl groups excluding tert-OH is 1. The lowest BCUT2D eigenvalue weighted by Crippen LogP contribution is -2.36. The van der Waals surface area contributed by atoms with Crippen molar-refractivity contribution < 1.29 is 18.3 Å². The van der Waals surface area contributed by atoms with Gasteiger partial charge >= 0.3 is 0 Å². The highest BCUT2D eigenvalue weighted by atomic mass is 32.2. The summed E-state index contributed by atoms with van der Waals surface area (Å²) < 4.78 is 31.4. The number of methoxy groups -OCH3 is 1. The number of nitrogens with one attached hydrogen (secondary N) is 1. The van der Waals surface area contributed by atoms with Crippen LogP contribution in [0.2, 0.25) is 0 Å². The van der Waals surface area contributed by atoms with Crippen LogP contribution in [0.5, 0.6) is 0 Å². The zero-order valence-corrected chi connectivity index (χ0v) is 13.6. The predicted octanol–water partition coefficient (Wildman–Crippen LogP) is 0.596. The Hall–Kier alpha value is -0.990. The van der Waals surface area contributed by atoms with Crippen molar-refractivity contribution in [3.8, 4) is 0 Å². The number of sulfonamides is 1. The topological polar surface area (TPSA) is 78.9 Å². The van der Waals surface area contributed by atoms with Crippen LogP contribution in [0.15, 0.2) is 29.2 Å². The van der Waals surface area contributed by atoms with E-state index in [-0.39, 0.29) is 37.2 Å². The lowest BCUT2D eigenvalue weighted by Gasteiger charge is -2.21.